The SMILES string of the molecule is Nc1sc(-c2ccccc2)cc1NC(=O)c1cccc(C(F)(F)F)n1. The number of anilines is 2. The zero-order valence-electron chi connectivity index (χ0n) is 12.7. The Morgan fingerprint density at radius 3 is 2.48 bits per heavy atom. The number of nitrogens with two attached hydrogens (primary N) is 1. The van der Waals surface area contributed by atoms with Crippen LogP contribution >= 0.6 is 11.3 Å². The minimum absolute atomic E-state index is 0.332. The number of benzene rings is 1. The molecule has 0 saturated carbocycles. The van der Waals surface area contributed by atoms with Crippen LogP contribution in [0.1, 0.15) is 16.2 Å². The molecule has 25 heavy (non-hydrogen) atoms. The fourth-order valence-electron chi connectivity index (χ4n) is 2.15. The highest BCUT2D eigenvalue weighted by molar-refractivity contribution is 7.20. The van der Waals surface area contributed by atoms with Crippen molar-refractivity contribution in [1.82, 2.24) is 4.98 Å². The van der Waals surface area contributed by atoms with Gasteiger partial charge in [0.05, 0.1) is 5.69 Å². The number of thiophene rings is 1. The summed E-state index contributed by atoms with van der Waals surface area (Å²) in [5, 5.41) is 2.87. The van der Waals surface area contributed by atoms with Crippen molar-refractivity contribution in [1.29, 1.82) is 0 Å². The van der Waals surface area contributed by atoms with Crippen LogP contribution in [0.5, 0.6) is 0 Å². The van der Waals surface area contributed by atoms with E-state index in [4.69, 9.17) is 5.73 Å². The summed E-state index contributed by atoms with van der Waals surface area (Å²) in [5.41, 5.74) is 5.72. The highest BCUT2D eigenvalue weighted by Crippen LogP contribution is 2.37. The topological polar surface area (TPSA) is 68.0 Å². The quantitative estimate of drug-likeness (QED) is 0.711. The molecule has 0 spiro atoms. The Balaban J connectivity index is 1.84. The normalized spacial score (nSPS) is 11.3. The van der Waals surface area contributed by atoms with Crippen LogP contribution in [0.4, 0.5) is 23.9 Å². The van der Waals surface area contributed by atoms with E-state index >= 15 is 0 Å². The molecule has 8 heteroatoms. The highest BCUT2D eigenvalue weighted by atomic mass is 32.1. The molecule has 0 fully saturated rings. The Morgan fingerprint density at radius 2 is 1.80 bits per heavy atom. The Bertz CT molecular complexity index is 907. The lowest BCUT2D eigenvalue weighted by Crippen LogP contribution is -2.17. The van der Waals surface area contributed by atoms with E-state index in [9.17, 15) is 18.0 Å². The predicted molar refractivity (Wildman–Crippen MR) is 91.4 cm³/mol. The van der Waals surface area contributed by atoms with Crippen LogP contribution in [0, 0.1) is 0 Å². The third-order valence-electron chi connectivity index (χ3n) is 3.34. The molecule has 3 N–H and O–H groups in total. The molecule has 2 aromatic heterocycles. The van der Waals surface area contributed by atoms with Crippen molar-refractivity contribution < 1.29 is 18.0 Å². The summed E-state index contributed by atoms with van der Waals surface area (Å²) >= 11 is 1.27. The molecule has 0 aliphatic heterocycles. The first-order chi connectivity index (χ1) is 11.8. The first kappa shape index (κ1) is 17.0. The number of nitrogen functional groups attached to an aromatic ring is 1. The van der Waals surface area contributed by atoms with Gasteiger partial charge in [-0.2, -0.15) is 13.2 Å². The molecule has 0 aliphatic carbocycles. The summed E-state index contributed by atoms with van der Waals surface area (Å²) < 4.78 is 38.1. The van der Waals surface area contributed by atoms with Gasteiger partial charge < -0.3 is 11.1 Å². The van der Waals surface area contributed by atoms with E-state index in [-0.39, 0.29) is 5.69 Å². The van der Waals surface area contributed by atoms with E-state index in [1.54, 1.807) is 6.07 Å². The second-order valence-corrected chi connectivity index (χ2v) is 6.20. The van der Waals surface area contributed by atoms with Gasteiger partial charge in [0.25, 0.3) is 5.91 Å². The molecule has 4 nitrogen and oxygen atoms in total. The zero-order chi connectivity index (χ0) is 18.0. The van der Waals surface area contributed by atoms with E-state index < -0.39 is 17.8 Å². The molecule has 0 aliphatic rings. The molecule has 1 aromatic carbocycles. The number of carbonyl (C=O) groups excluding carboxylic acids is 1. The number of alkyl halides is 3. The molecule has 0 bridgehead atoms. The van der Waals surface area contributed by atoms with Crippen molar-refractivity contribution >= 4 is 27.9 Å². The predicted octanol–water partition coefficient (Wildman–Crippen LogP) is 4.66. The number of amides is 1. The molecular formula is C17H12F3N3OS. The number of pyridine rings is 1. The van der Waals surface area contributed by atoms with Crippen molar-refractivity contribution in [3.05, 3.63) is 66.0 Å². The number of nitrogens with zero attached hydrogens (tertiary/aromatic N) is 1. The maximum atomic E-state index is 12.7. The van der Waals surface area contributed by atoms with E-state index in [2.05, 4.69) is 10.3 Å². The largest absolute Gasteiger partial charge is 0.433 e. The smallest absolute Gasteiger partial charge is 0.389 e. The lowest BCUT2D eigenvalue weighted by atomic mass is 10.2. The maximum Gasteiger partial charge on any atom is 0.433 e. The van der Waals surface area contributed by atoms with Crippen LogP contribution in [0.15, 0.2) is 54.6 Å². The van der Waals surface area contributed by atoms with Gasteiger partial charge in [0.2, 0.25) is 0 Å². The van der Waals surface area contributed by atoms with Crippen molar-refractivity contribution in [3.8, 4) is 10.4 Å². The van der Waals surface area contributed by atoms with Crippen LogP contribution in [0.3, 0.4) is 0 Å². The number of aromatic nitrogens is 1. The molecule has 128 valence electrons. The highest BCUT2D eigenvalue weighted by Gasteiger charge is 2.33. The van der Waals surface area contributed by atoms with Gasteiger partial charge in [-0.3, -0.25) is 4.79 Å². The van der Waals surface area contributed by atoms with Crippen LogP contribution in [-0.2, 0) is 6.18 Å². The summed E-state index contributed by atoms with van der Waals surface area (Å²) in [4.78, 5) is 16.4. The Labute approximate surface area is 145 Å². The van der Waals surface area contributed by atoms with Gasteiger partial charge in [-0.1, -0.05) is 36.4 Å². The second kappa shape index (κ2) is 6.56. The second-order valence-electron chi connectivity index (χ2n) is 5.11. The average Bonchev–Trinajstić information content (AvgIpc) is 2.96. The minimum Gasteiger partial charge on any atom is -0.389 e. The number of halogens is 3. The third kappa shape index (κ3) is 3.80. The average molecular weight is 363 g/mol. The molecule has 0 radical (unpaired) electrons. The van der Waals surface area contributed by atoms with E-state index in [0.29, 0.717) is 10.7 Å². The van der Waals surface area contributed by atoms with Crippen LogP contribution < -0.4 is 11.1 Å². The molecule has 1 amide bonds. The van der Waals surface area contributed by atoms with Gasteiger partial charge in [-0.05, 0) is 23.8 Å². The van der Waals surface area contributed by atoms with Gasteiger partial charge >= 0.3 is 6.18 Å². The lowest BCUT2D eigenvalue weighted by Gasteiger charge is -2.08. The van der Waals surface area contributed by atoms with Gasteiger partial charge in [0.15, 0.2) is 0 Å². The van der Waals surface area contributed by atoms with Crippen molar-refractivity contribution in [3.63, 3.8) is 0 Å². The monoisotopic (exact) mass is 363 g/mol. The number of hydrogen-bond acceptors (Lipinski definition) is 4. The van der Waals surface area contributed by atoms with E-state index in [0.717, 1.165) is 22.6 Å². The summed E-state index contributed by atoms with van der Waals surface area (Å²) in [6.45, 7) is 0. The number of nitrogens with one attached hydrogen (secondary N) is 1. The van der Waals surface area contributed by atoms with Crippen molar-refractivity contribution in [2.24, 2.45) is 0 Å². The molecule has 2 heterocycles. The van der Waals surface area contributed by atoms with Crippen LogP contribution in [0.2, 0.25) is 0 Å². The van der Waals surface area contributed by atoms with Crippen molar-refractivity contribution in [2.75, 3.05) is 11.1 Å². The van der Waals surface area contributed by atoms with Crippen LogP contribution in [0.25, 0.3) is 10.4 Å². The van der Waals surface area contributed by atoms with Gasteiger partial charge in [-0.25, -0.2) is 4.98 Å². The standard InChI is InChI=1S/C17H12F3N3OS/c18-17(19,20)14-8-4-7-11(22-14)16(24)23-12-9-13(25-15(12)21)10-5-2-1-3-6-10/h1-9H,21H2,(H,23,24). The fraction of sp³-hybridized carbons (Fsp3) is 0.0588. The van der Waals surface area contributed by atoms with E-state index in [1.807, 2.05) is 30.3 Å². The minimum atomic E-state index is -4.61. The molecule has 3 aromatic rings. The Hall–Kier alpha value is -2.87. The third-order valence-corrected chi connectivity index (χ3v) is 4.35. The lowest BCUT2D eigenvalue weighted by molar-refractivity contribution is -0.141. The first-order valence-electron chi connectivity index (χ1n) is 7.15. The van der Waals surface area contributed by atoms with Gasteiger partial charge in [-0.15, -0.1) is 11.3 Å². The number of rotatable bonds is 3. The first-order valence-corrected chi connectivity index (χ1v) is 7.96. The van der Waals surface area contributed by atoms with Gasteiger partial charge in [0, 0.05) is 4.88 Å². The van der Waals surface area contributed by atoms with Gasteiger partial charge in [0.1, 0.15) is 16.4 Å². The maximum absolute atomic E-state index is 12.7. The zero-order valence-corrected chi connectivity index (χ0v) is 13.5. The number of hydrogen-bond donors (Lipinski definition) is 2. The summed E-state index contributed by atoms with van der Waals surface area (Å²) in [7, 11) is 0. The summed E-state index contributed by atoms with van der Waals surface area (Å²) in [6.07, 6.45) is -4.61. The molecule has 0 unspecified atom stereocenters. The summed E-state index contributed by atoms with van der Waals surface area (Å²) in [6, 6.07) is 14.2. The molecular weight excluding hydrogens is 351 g/mol. The van der Waals surface area contributed by atoms with Crippen LogP contribution in [-0.4, -0.2) is 10.9 Å². The summed E-state index contributed by atoms with van der Waals surface area (Å²) in [5.74, 6) is -0.754. The molecule has 3 rings (SSSR count). The van der Waals surface area contributed by atoms with Crippen molar-refractivity contribution in [2.45, 2.75) is 6.18 Å². The molecule has 0 atom stereocenters. The molecule has 0 saturated heterocycles. The number of carbonyl (C=O) groups is 1. The Kier molecular flexibility index (Phi) is 4.45. The van der Waals surface area contributed by atoms with E-state index in [1.165, 1.54) is 17.4 Å². The Morgan fingerprint density at radius 1 is 1.08 bits per heavy atom. The fourth-order valence-corrected chi connectivity index (χ4v) is 3.04.